The Labute approximate surface area is 69.0 Å². The molecule has 4 nitrogen and oxygen atoms in total. The van der Waals surface area contributed by atoms with E-state index >= 15 is 0 Å². The average molecular weight is 160 g/mol. The molecule has 0 saturated heterocycles. The number of aromatic amines is 2. The van der Waals surface area contributed by atoms with Crippen molar-refractivity contribution in [3.8, 4) is 11.3 Å². The lowest BCUT2D eigenvalue weighted by Gasteiger charge is -2.08. The van der Waals surface area contributed by atoms with Crippen molar-refractivity contribution in [2.24, 2.45) is 0 Å². The first-order chi connectivity index (χ1) is 5.95. The minimum absolute atomic E-state index is 1.03. The molecule has 0 atom stereocenters. The third kappa shape index (κ3) is 0.617. The zero-order valence-corrected chi connectivity index (χ0v) is 6.46. The minimum atomic E-state index is 1.03. The highest BCUT2D eigenvalue weighted by molar-refractivity contribution is 5.65. The molecule has 12 heavy (non-hydrogen) atoms. The number of rotatable bonds is 0. The van der Waals surface area contributed by atoms with Gasteiger partial charge < -0.3 is 4.98 Å². The first-order valence-electron chi connectivity index (χ1n) is 4.00. The van der Waals surface area contributed by atoms with Gasteiger partial charge in [0.1, 0.15) is 0 Å². The summed E-state index contributed by atoms with van der Waals surface area (Å²) in [6.07, 6.45) is 5.65. The summed E-state index contributed by atoms with van der Waals surface area (Å²) in [6.45, 7) is 0. The predicted molar refractivity (Wildman–Crippen MR) is 43.6 cm³/mol. The van der Waals surface area contributed by atoms with Gasteiger partial charge in [-0.05, 0) is 12.8 Å². The van der Waals surface area contributed by atoms with Crippen molar-refractivity contribution in [3.05, 3.63) is 23.9 Å². The number of hydrogen-bond acceptors (Lipinski definition) is 2. The Morgan fingerprint density at radius 2 is 2.17 bits per heavy atom. The molecular formula is C8H8N4. The summed E-state index contributed by atoms with van der Waals surface area (Å²) >= 11 is 0. The molecular weight excluding hydrogens is 152 g/mol. The Morgan fingerprint density at radius 1 is 1.25 bits per heavy atom. The monoisotopic (exact) mass is 160 g/mol. The molecule has 0 bridgehead atoms. The van der Waals surface area contributed by atoms with Gasteiger partial charge in [-0.1, -0.05) is 0 Å². The molecule has 2 aromatic rings. The van der Waals surface area contributed by atoms with Crippen molar-refractivity contribution in [1.82, 2.24) is 20.2 Å². The van der Waals surface area contributed by atoms with Gasteiger partial charge in [0.05, 0.1) is 18.2 Å². The molecule has 0 aromatic carbocycles. The molecule has 0 radical (unpaired) electrons. The smallest absolute Gasteiger partial charge is 0.0946 e. The van der Waals surface area contributed by atoms with Gasteiger partial charge >= 0.3 is 0 Å². The van der Waals surface area contributed by atoms with E-state index in [1.807, 2.05) is 6.20 Å². The SMILES string of the molecule is c1nc2c([nH]1)CCc1[nH]ncc1-2. The quantitative estimate of drug-likeness (QED) is 0.601. The fourth-order valence-corrected chi connectivity index (χ4v) is 1.70. The lowest BCUT2D eigenvalue weighted by atomic mass is 9.99. The lowest BCUT2D eigenvalue weighted by molar-refractivity contribution is 0.861. The van der Waals surface area contributed by atoms with E-state index in [-0.39, 0.29) is 0 Å². The van der Waals surface area contributed by atoms with E-state index in [0.717, 1.165) is 24.1 Å². The molecule has 2 heterocycles. The van der Waals surface area contributed by atoms with Crippen LogP contribution in [-0.2, 0) is 12.8 Å². The van der Waals surface area contributed by atoms with Crippen molar-refractivity contribution >= 4 is 0 Å². The van der Waals surface area contributed by atoms with Crippen molar-refractivity contribution in [2.75, 3.05) is 0 Å². The number of nitrogens with one attached hydrogen (secondary N) is 2. The fraction of sp³-hybridized carbons (Fsp3) is 0.250. The van der Waals surface area contributed by atoms with Gasteiger partial charge in [0.2, 0.25) is 0 Å². The normalized spacial score (nSPS) is 14.0. The summed E-state index contributed by atoms with van der Waals surface area (Å²) in [5.74, 6) is 0. The second-order valence-corrected chi connectivity index (χ2v) is 2.99. The van der Waals surface area contributed by atoms with Crippen molar-refractivity contribution in [2.45, 2.75) is 12.8 Å². The zero-order chi connectivity index (χ0) is 7.97. The van der Waals surface area contributed by atoms with Crippen LogP contribution in [0, 0.1) is 0 Å². The molecule has 2 aromatic heterocycles. The third-order valence-corrected chi connectivity index (χ3v) is 2.32. The minimum Gasteiger partial charge on any atom is -0.348 e. The van der Waals surface area contributed by atoms with E-state index in [9.17, 15) is 0 Å². The van der Waals surface area contributed by atoms with Crippen LogP contribution in [0.4, 0.5) is 0 Å². The summed E-state index contributed by atoms with van der Waals surface area (Å²) in [6, 6.07) is 0. The first kappa shape index (κ1) is 5.99. The maximum atomic E-state index is 4.25. The molecule has 2 N–H and O–H groups in total. The summed E-state index contributed by atoms with van der Waals surface area (Å²) in [4.78, 5) is 7.39. The van der Waals surface area contributed by atoms with Gasteiger partial charge in [0.15, 0.2) is 0 Å². The molecule has 1 aliphatic carbocycles. The van der Waals surface area contributed by atoms with Gasteiger partial charge in [-0.3, -0.25) is 5.10 Å². The Kier molecular flexibility index (Phi) is 0.983. The van der Waals surface area contributed by atoms with Crippen LogP contribution in [0.25, 0.3) is 11.3 Å². The number of hydrogen-bond donors (Lipinski definition) is 2. The zero-order valence-electron chi connectivity index (χ0n) is 6.46. The number of aromatic nitrogens is 4. The Hall–Kier alpha value is -1.58. The van der Waals surface area contributed by atoms with Crippen LogP contribution in [0.1, 0.15) is 11.4 Å². The summed E-state index contributed by atoms with van der Waals surface area (Å²) in [5, 5.41) is 6.99. The molecule has 0 fully saturated rings. The Morgan fingerprint density at radius 3 is 3.17 bits per heavy atom. The largest absolute Gasteiger partial charge is 0.348 e. The van der Waals surface area contributed by atoms with Gasteiger partial charge in [0.25, 0.3) is 0 Å². The van der Waals surface area contributed by atoms with Crippen LogP contribution in [0.2, 0.25) is 0 Å². The van der Waals surface area contributed by atoms with Crippen LogP contribution in [0.5, 0.6) is 0 Å². The standard InChI is InChI=1S/C8H8N4/c1-2-7-8(10-4-9-7)5-3-11-12-6(1)5/h3-4H,1-2H2,(H,9,10)(H,11,12). The van der Waals surface area contributed by atoms with Gasteiger partial charge in [-0.25, -0.2) is 4.98 Å². The van der Waals surface area contributed by atoms with Crippen LogP contribution >= 0.6 is 0 Å². The van der Waals surface area contributed by atoms with Gasteiger partial charge in [-0.2, -0.15) is 5.10 Å². The number of nitrogens with zero attached hydrogens (tertiary/aromatic N) is 2. The van der Waals surface area contributed by atoms with Gasteiger partial charge in [-0.15, -0.1) is 0 Å². The number of aryl methyl sites for hydroxylation is 2. The number of imidazole rings is 1. The molecule has 1 aliphatic rings. The molecule has 0 spiro atoms. The Bertz CT molecular complexity index is 372. The predicted octanol–water partition coefficient (Wildman–Crippen LogP) is 0.898. The maximum absolute atomic E-state index is 4.25. The molecule has 60 valence electrons. The van der Waals surface area contributed by atoms with E-state index < -0.39 is 0 Å². The highest BCUT2D eigenvalue weighted by Gasteiger charge is 2.19. The maximum Gasteiger partial charge on any atom is 0.0946 e. The first-order valence-corrected chi connectivity index (χ1v) is 4.00. The molecule has 0 unspecified atom stereocenters. The van der Waals surface area contributed by atoms with Crippen LogP contribution in [0.3, 0.4) is 0 Å². The second kappa shape index (κ2) is 1.97. The average Bonchev–Trinajstić information content (AvgIpc) is 2.71. The van der Waals surface area contributed by atoms with Crippen molar-refractivity contribution in [3.63, 3.8) is 0 Å². The van der Waals surface area contributed by atoms with Crippen LogP contribution in [-0.4, -0.2) is 20.2 Å². The van der Waals surface area contributed by atoms with E-state index in [1.54, 1.807) is 6.33 Å². The van der Waals surface area contributed by atoms with E-state index in [4.69, 9.17) is 0 Å². The lowest BCUT2D eigenvalue weighted by Crippen LogP contribution is -2.02. The Balaban J connectivity index is 2.32. The van der Waals surface area contributed by atoms with E-state index in [0.29, 0.717) is 0 Å². The van der Waals surface area contributed by atoms with E-state index in [1.165, 1.54) is 11.4 Å². The third-order valence-electron chi connectivity index (χ3n) is 2.32. The molecule has 3 rings (SSSR count). The highest BCUT2D eigenvalue weighted by atomic mass is 15.1. The van der Waals surface area contributed by atoms with Crippen LogP contribution in [0.15, 0.2) is 12.5 Å². The summed E-state index contributed by atoms with van der Waals surface area (Å²) in [7, 11) is 0. The number of fused-ring (bicyclic) bond motifs is 3. The van der Waals surface area contributed by atoms with E-state index in [2.05, 4.69) is 20.2 Å². The number of H-pyrrole nitrogens is 2. The summed E-state index contributed by atoms with van der Waals surface area (Å²) in [5.41, 5.74) is 4.64. The topological polar surface area (TPSA) is 57.4 Å². The molecule has 0 saturated carbocycles. The van der Waals surface area contributed by atoms with Crippen LogP contribution < -0.4 is 0 Å². The molecule has 4 heteroatoms. The summed E-state index contributed by atoms with van der Waals surface area (Å²) < 4.78 is 0. The second-order valence-electron chi connectivity index (χ2n) is 2.99. The fourth-order valence-electron chi connectivity index (χ4n) is 1.70. The molecule has 0 amide bonds. The van der Waals surface area contributed by atoms with Crippen molar-refractivity contribution in [1.29, 1.82) is 0 Å². The van der Waals surface area contributed by atoms with Crippen molar-refractivity contribution < 1.29 is 0 Å². The van der Waals surface area contributed by atoms with Gasteiger partial charge in [0, 0.05) is 17.0 Å². The highest BCUT2D eigenvalue weighted by Crippen LogP contribution is 2.28. The molecule has 0 aliphatic heterocycles.